The fourth-order valence-corrected chi connectivity index (χ4v) is 4.66. The lowest BCUT2D eigenvalue weighted by atomic mass is 9.92. The molecule has 0 fully saturated rings. The first kappa shape index (κ1) is 28.1. The van der Waals surface area contributed by atoms with Gasteiger partial charge in [0, 0.05) is 23.4 Å². The van der Waals surface area contributed by atoms with E-state index in [1.165, 1.54) is 6.26 Å². The van der Waals surface area contributed by atoms with Gasteiger partial charge in [-0.1, -0.05) is 69.3 Å². The molecule has 0 radical (unpaired) electrons. The van der Waals surface area contributed by atoms with E-state index in [1.54, 1.807) is 27.0 Å². The summed E-state index contributed by atoms with van der Waals surface area (Å²) in [4.78, 5) is 15.8. The van der Waals surface area contributed by atoms with Crippen molar-refractivity contribution in [1.29, 1.82) is 0 Å². The Morgan fingerprint density at radius 2 is 1.57 bits per heavy atom. The van der Waals surface area contributed by atoms with E-state index < -0.39 is 26.5 Å². The van der Waals surface area contributed by atoms with E-state index in [9.17, 15) is 13.2 Å². The molecule has 0 aliphatic heterocycles. The molecule has 1 N–H and O–H groups in total. The molecule has 0 spiro atoms. The Labute approximate surface area is 220 Å². The van der Waals surface area contributed by atoms with Crippen molar-refractivity contribution in [1.82, 2.24) is 4.98 Å². The van der Waals surface area contributed by atoms with E-state index in [-0.39, 0.29) is 0 Å². The van der Waals surface area contributed by atoms with Gasteiger partial charge in [-0.2, -0.15) is 0 Å². The summed E-state index contributed by atoms with van der Waals surface area (Å²) < 4.78 is 24.1. The van der Waals surface area contributed by atoms with Gasteiger partial charge in [0.2, 0.25) is 0 Å². The first-order valence-electron chi connectivity index (χ1n) is 12.5. The van der Waals surface area contributed by atoms with Crippen LogP contribution in [0, 0.1) is 5.92 Å². The molecule has 6 heteroatoms. The summed E-state index contributed by atoms with van der Waals surface area (Å²) in [6, 6.07) is 23.7. The van der Waals surface area contributed by atoms with Crippen molar-refractivity contribution in [3.05, 3.63) is 90.1 Å². The van der Waals surface area contributed by atoms with Gasteiger partial charge >= 0.3 is 5.97 Å². The summed E-state index contributed by atoms with van der Waals surface area (Å²) >= 11 is 0. The highest BCUT2D eigenvalue weighted by Crippen LogP contribution is 2.37. The topological polar surface area (TPSA) is 84.3 Å². The Balaban J connectivity index is 0.00000186. The highest BCUT2D eigenvalue weighted by atomic mass is 32.2. The molecule has 4 aromatic rings. The van der Waals surface area contributed by atoms with Crippen LogP contribution in [-0.2, 0) is 25.8 Å². The van der Waals surface area contributed by atoms with Crippen LogP contribution in [0.5, 0.6) is 0 Å². The molecule has 37 heavy (non-hydrogen) atoms. The van der Waals surface area contributed by atoms with Crippen molar-refractivity contribution < 1.29 is 18.3 Å². The minimum atomic E-state index is -3.35. The SMILES string of the molecule is CC.CC(Cc1ccc(-c2cccc(-c3cc(C(C)(C)S(C)(=O)=O)cc4cccnc34)c2)cc1)C(=O)O. The number of rotatable bonds is 7. The van der Waals surface area contributed by atoms with Gasteiger partial charge in [0.05, 0.1) is 16.2 Å². The summed E-state index contributed by atoms with van der Waals surface area (Å²) in [6.07, 6.45) is 3.49. The van der Waals surface area contributed by atoms with E-state index in [2.05, 4.69) is 11.1 Å². The molecule has 1 unspecified atom stereocenters. The summed E-state index contributed by atoms with van der Waals surface area (Å²) in [5.41, 5.74) is 6.37. The molecule has 0 saturated heterocycles. The van der Waals surface area contributed by atoms with Gasteiger partial charge in [0.1, 0.15) is 0 Å². The molecule has 1 atom stereocenters. The van der Waals surface area contributed by atoms with Crippen molar-refractivity contribution in [2.24, 2.45) is 5.92 Å². The lowest BCUT2D eigenvalue weighted by molar-refractivity contribution is -0.141. The molecule has 4 rings (SSSR count). The van der Waals surface area contributed by atoms with E-state index in [0.29, 0.717) is 6.42 Å². The Bertz CT molecular complexity index is 1510. The van der Waals surface area contributed by atoms with Gasteiger partial charge in [0.15, 0.2) is 9.84 Å². The minimum absolute atomic E-state index is 0.437. The maximum atomic E-state index is 12.6. The summed E-state index contributed by atoms with van der Waals surface area (Å²) in [5.74, 6) is -1.24. The highest BCUT2D eigenvalue weighted by Gasteiger charge is 2.33. The molecule has 0 amide bonds. The number of carboxylic acids is 1. The van der Waals surface area contributed by atoms with E-state index in [0.717, 1.165) is 44.3 Å². The van der Waals surface area contributed by atoms with E-state index in [1.807, 2.05) is 80.6 Å². The summed E-state index contributed by atoms with van der Waals surface area (Å²) in [6.45, 7) is 9.16. The molecule has 1 heterocycles. The maximum Gasteiger partial charge on any atom is 0.306 e. The number of nitrogens with zero attached hydrogens (tertiary/aromatic N) is 1. The number of aliphatic carboxylic acids is 1. The van der Waals surface area contributed by atoms with Crippen LogP contribution in [0.25, 0.3) is 33.2 Å². The largest absolute Gasteiger partial charge is 0.481 e. The quantitative estimate of drug-likeness (QED) is 0.282. The van der Waals surface area contributed by atoms with E-state index >= 15 is 0 Å². The number of hydrogen-bond donors (Lipinski definition) is 1. The molecule has 0 aliphatic rings. The number of hydrogen-bond acceptors (Lipinski definition) is 4. The van der Waals surface area contributed by atoms with Crippen molar-refractivity contribution in [3.63, 3.8) is 0 Å². The molecule has 0 aliphatic carbocycles. The maximum absolute atomic E-state index is 12.6. The average Bonchev–Trinajstić information content (AvgIpc) is 2.89. The average molecular weight is 518 g/mol. The van der Waals surface area contributed by atoms with Crippen LogP contribution >= 0.6 is 0 Å². The molecule has 3 aromatic carbocycles. The second-order valence-electron chi connectivity index (χ2n) is 9.60. The number of benzene rings is 3. The van der Waals surface area contributed by atoms with Crippen LogP contribution in [0.15, 0.2) is 79.0 Å². The zero-order valence-corrected chi connectivity index (χ0v) is 23.1. The number of fused-ring (bicyclic) bond motifs is 1. The summed E-state index contributed by atoms with van der Waals surface area (Å²) in [5, 5.41) is 10.1. The van der Waals surface area contributed by atoms with Crippen molar-refractivity contribution in [3.8, 4) is 22.3 Å². The number of carbonyl (C=O) groups is 1. The monoisotopic (exact) mass is 517 g/mol. The van der Waals surface area contributed by atoms with Crippen LogP contribution in [0.3, 0.4) is 0 Å². The van der Waals surface area contributed by atoms with Crippen molar-refractivity contribution in [2.75, 3.05) is 6.26 Å². The predicted octanol–water partition coefficient (Wildman–Crippen LogP) is 7.14. The fourth-order valence-electron chi connectivity index (χ4n) is 4.11. The van der Waals surface area contributed by atoms with Gasteiger partial charge in [-0.25, -0.2) is 8.42 Å². The molecule has 0 saturated carbocycles. The van der Waals surface area contributed by atoms with Crippen LogP contribution in [0.4, 0.5) is 0 Å². The van der Waals surface area contributed by atoms with Crippen LogP contribution in [-0.4, -0.2) is 30.7 Å². The zero-order valence-electron chi connectivity index (χ0n) is 22.3. The number of aromatic nitrogens is 1. The van der Waals surface area contributed by atoms with Crippen LogP contribution < -0.4 is 0 Å². The first-order valence-corrected chi connectivity index (χ1v) is 14.4. The van der Waals surface area contributed by atoms with Gasteiger partial charge in [-0.05, 0) is 72.4 Å². The first-order chi connectivity index (χ1) is 17.5. The molecular weight excluding hydrogens is 482 g/mol. The van der Waals surface area contributed by atoms with Gasteiger partial charge in [0.25, 0.3) is 0 Å². The third kappa shape index (κ3) is 6.08. The van der Waals surface area contributed by atoms with Crippen molar-refractivity contribution in [2.45, 2.75) is 45.8 Å². The summed E-state index contributed by atoms with van der Waals surface area (Å²) in [7, 11) is -3.35. The van der Waals surface area contributed by atoms with Crippen molar-refractivity contribution >= 4 is 26.7 Å². The Morgan fingerprint density at radius 1 is 0.919 bits per heavy atom. The molecule has 0 bridgehead atoms. The molecule has 5 nitrogen and oxygen atoms in total. The lowest BCUT2D eigenvalue weighted by Gasteiger charge is -2.24. The Kier molecular flexibility index (Phi) is 8.54. The molecular formula is C31H35NO4S. The normalized spacial score (nSPS) is 12.5. The number of sulfone groups is 1. The van der Waals surface area contributed by atoms with Gasteiger partial charge in [-0.3, -0.25) is 9.78 Å². The van der Waals surface area contributed by atoms with Crippen LogP contribution in [0.1, 0.15) is 45.7 Å². The Hall–Kier alpha value is -3.51. The third-order valence-corrected chi connectivity index (χ3v) is 8.84. The lowest BCUT2D eigenvalue weighted by Crippen LogP contribution is -2.28. The standard InChI is InChI=1S/C29H29NO4S.C2H6/c1-19(28(31)32)15-20-10-12-21(13-11-20)22-7-5-8-23(16-22)26-18-25(29(2,3)35(4,33)34)17-24-9-6-14-30-27(24)26;1-2/h5-14,16-19H,15H2,1-4H3,(H,31,32);1-2H3. The van der Waals surface area contributed by atoms with Crippen LogP contribution in [0.2, 0.25) is 0 Å². The molecule has 194 valence electrons. The smallest absolute Gasteiger partial charge is 0.306 e. The molecule has 1 aromatic heterocycles. The third-order valence-electron chi connectivity index (χ3n) is 6.75. The highest BCUT2D eigenvalue weighted by molar-refractivity contribution is 7.91. The van der Waals surface area contributed by atoms with Gasteiger partial charge in [-0.15, -0.1) is 0 Å². The second kappa shape index (κ2) is 11.3. The minimum Gasteiger partial charge on any atom is -0.481 e. The zero-order chi connectivity index (χ0) is 27.4. The van der Waals surface area contributed by atoms with E-state index in [4.69, 9.17) is 5.11 Å². The number of pyridine rings is 1. The number of carboxylic acid groups (broad SMARTS) is 1. The second-order valence-corrected chi connectivity index (χ2v) is 12.2. The Morgan fingerprint density at radius 3 is 2.19 bits per heavy atom. The predicted molar refractivity (Wildman–Crippen MR) is 152 cm³/mol. The fraction of sp³-hybridized carbons (Fsp3) is 0.290. The van der Waals surface area contributed by atoms with Gasteiger partial charge < -0.3 is 5.11 Å².